The van der Waals surface area contributed by atoms with Crippen molar-refractivity contribution in [3.05, 3.63) is 24.0 Å². The van der Waals surface area contributed by atoms with E-state index in [4.69, 9.17) is 9.47 Å². The molecule has 1 atom stereocenters. The van der Waals surface area contributed by atoms with Crippen LogP contribution in [0.15, 0.2) is 24.0 Å². The third-order valence-electron chi connectivity index (χ3n) is 3.94. The first-order valence-electron chi connectivity index (χ1n) is 8.47. The van der Waals surface area contributed by atoms with Crippen molar-refractivity contribution >= 4 is 0 Å². The van der Waals surface area contributed by atoms with Gasteiger partial charge in [-0.3, -0.25) is 0 Å². The molecular formula is C20H26O2. The summed E-state index contributed by atoms with van der Waals surface area (Å²) >= 11 is 0. The van der Waals surface area contributed by atoms with Crippen molar-refractivity contribution in [2.24, 2.45) is 0 Å². The minimum absolute atomic E-state index is 0.422. The van der Waals surface area contributed by atoms with Crippen molar-refractivity contribution in [2.75, 3.05) is 6.61 Å². The molecule has 22 heavy (non-hydrogen) atoms. The van der Waals surface area contributed by atoms with E-state index in [1.807, 2.05) is 6.92 Å². The van der Waals surface area contributed by atoms with Crippen LogP contribution in [0.25, 0.3) is 0 Å². The van der Waals surface area contributed by atoms with E-state index >= 15 is 0 Å². The van der Waals surface area contributed by atoms with Crippen LogP contribution in [0.1, 0.15) is 64.7 Å². The van der Waals surface area contributed by atoms with E-state index < -0.39 is 5.79 Å². The molecule has 0 aliphatic carbocycles. The molecule has 0 saturated carbocycles. The summed E-state index contributed by atoms with van der Waals surface area (Å²) < 4.78 is 11.6. The highest BCUT2D eigenvalue weighted by atomic mass is 16.7. The van der Waals surface area contributed by atoms with Gasteiger partial charge in [0.1, 0.15) is 5.76 Å². The van der Waals surface area contributed by atoms with E-state index in [1.165, 1.54) is 32.1 Å². The van der Waals surface area contributed by atoms with Crippen molar-refractivity contribution in [3.8, 4) is 23.7 Å². The number of allylic oxidation sites excluding steroid dienone is 2. The molecule has 0 aromatic rings. The predicted molar refractivity (Wildman–Crippen MR) is 89.8 cm³/mol. The van der Waals surface area contributed by atoms with E-state index in [0.29, 0.717) is 0 Å². The number of hydrogen-bond acceptors (Lipinski definition) is 2. The molecule has 2 nitrogen and oxygen atoms in total. The molecule has 0 bridgehead atoms. The summed E-state index contributed by atoms with van der Waals surface area (Å²) in [7, 11) is 0. The zero-order valence-corrected chi connectivity index (χ0v) is 13.6. The molecule has 0 N–H and O–H groups in total. The standard InChI is InChI=1S/C20H26O2/c1-2-3-4-5-6-7-8-9-10-11-12-14-19-15-17-20(22-19)16-13-18-21-20/h14-15,17H,6-13,16,18H2,1H3. The summed E-state index contributed by atoms with van der Waals surface area (Å²) in [5, 5.41) is 0. The first-order valence-corrected chi connectivity index (χ1v) is 8.47. The Labute approximate surface area is 135 Å². The van der Waals surface area contributed by atoms with E-state index in [1.54, 1.807) is 0 Å². The molecule has 1 fully saturated rings. The number of ether oxygens (including phenoxy) is 2. The topological polar surface area (TPSA) is 18.5 Å². The normalized spacial score (nSPS) is 24.0. The van der Waals surface area contributed by atoms with E-state index in [9.17, 15) is 0 Å². The third kappa shape index (κ3) is 5.63. The molecule has 0 amide bonds. The van der Waals surface area contributed by atoms with Crippen molar-refractivity contribution in [1.82, 2.24) is 0 Å². The van der Waals surface area contributed by atoms with Crippen LogP contribution in [0.3, 0.4) is 0 Å². The maximum atomic E-state index is 5.90. The van der Waals surface area contributed by atoms with Crippen LogP contribution in [0.2, 0.25) is 0 Å². The summed E-state index contributed by atoms with van der Waals surface area (Å²) in [6, 6.07) is 0. The summed E-state index contributed by atoms with van der Waals surface area (Å²) in [5.41, 5.74) is 0. The Kier molecular flexibility index (Phi) is 7.14. The molecule has 118 valence electrons. The van der Waals surface area contributed by atoms with Gasteiger partial charge in [0.05, 0.1) is 6.61 Å². The fourth-order valence-corrected chi connectivity index (χ4v) is 2.74. The molecule has 1 unspecified atom stereocenters. The van der Waals surface area contributed by atoms with Gasteiger partial charge in [0, 0.05) is 12.8 Å². The fourth-order valence-electron chi connectivity index (χ4n) is 2.74. The molecule has 2 heterocycles. The van der Waals surface area contributed by atoms with Crippen molar-refractivity contribution in [1.29, 1.82) is 0 Å². The number of hydrogen-bond donors (Lipinski definition) is 0. The van der Waals surface area contributed by atoms with E-state index in [0.717, 1.165) is 38.0 Å². The number of rotatable bonds is 7. The van der Waals surface area contributed by atoms with Gasteiger partial charge in [0.25, 0.3) is 0 Å². The van der Waals surface area contributed by atoms with Gasteiger partial charge in [-0.25, -0.2) is 0 Å². The zero-order chi connectivity index (χ0) is 15.5. The smallest absolute Gasteiger partial charge is 0.230 e. The lowest BCUT2D eigenvalue weighted by Gasteiger charge is -2.20. The van der Waals surface area contributed by atoms with Crippen LogP contribution in [0.4, 0.5) is 0 Å². The minimum Gasteiger partial charge on any atom is -0.459 e. The molecule has 1 spiro atoms. The third-order valence-corrected chi connectivity index (χ3v) is 3.94. The van der Waals surface area contributed by atoms with Gasteiger partial charge in [0.15, 0.2) is 0 Å². The second kappa shape index (κ2) is 9.39. The maximum Gasteiger partial charge on any atom is 0.230 e. The second-order valence-corrected chi connectivity index (χ2v) is 5.79. The molecule has 1 saturated heterocycles. The van der Waals surface area contributed by atoms with Gasteiger partial charge in [-0.2, -0.15) is 0 Å². The first kappa shape index (κ1) is 16.7. The Balaban J connectivity index is 1.48. The largest absolute Gasteiger partial charge is 0.459 e. The average molecular weight is 298 g/mol. The Morgan fingerprint density at radius 2 is 2.05 bits per heavy atom. The van der Waals surface area contributed by atoms with Crippen LogP contribution in [-0.4, -0.2) is 12.4 Å². The summed E-state index contributed by atoms with van der Waals surface area (Å²) in [4.78, 5) is 0. The highest BCUT2D eigenvalue weighted by Crippen LogP contribution is 2.35. The van der Waals surface area contributed by atoms with Gasteiger partial charge in [0.2, 0.25) is 5.79 Å². The maximum absolute atomic E-state index is 5.90. The molecule has 2 rings (SSSR count). The van der Waals surface area contributed by atoms with Crippen molar-refractivity contribution in [3.63, 3.8) is 0 Å². The van der Waals surface area contributed by atoms with Crippen LogP contribution < -0.4 is 0 Å². The van der Waals surface area contributed by atoms with E-state index in [2.05, 4.69) is 41.9 Å². The fraction of sp³-hybridized carbons (Fsp3) is 0.600. The molecule has 2 aliphatic rings. The Bertz CT molecular complexity index is 513. The Morgan fingerprint density at radius 1 is 1.18 bits per heavy atom. The van der Waals surface area contributed by atoms with Gasteiger partial charge in [-0.05, 0) is 62.7 Å². The lowest BCUT2D eigenvalue weighted by molar-refractivity contribution is -0.136. The molecule has 0 aromatic heterocycles. The summed E-state index contributed by atoms with van der Waals surface area (Å²) in [6.45, 7) is 2.63. The van der Waals surface area contributed by atoms with Gasteiger partial charge < -0.3 is 9.47 Å². The molecule has 0 aromatic carbocycles. The highest BCUT2D eigenvalue weighted by Gasteiger charge is 2.38. The quantitative estimate of drug-likeness (QED) is 0.500. The summed E-state index contributed by atoms with van der Waals surface area (Å²) in [6.07, 6.45) is 16.7. The first-order chi connectivity index (χ1) is 10.8. The average Bonchev–Trinajstić information content (AvgIpc) is 3.15. The van der Waals surface area contributed by atoms with Crippen molar-refractivity contribution in [2.45, 2.75) is 70.5 Å². The highest BCUT2D eigenvalue weighted by molar-refractivity contribution is 5.24. The zero-order valence-electron chi connectivity index (χ0n) is 13.6. The Hall–Kier alpha value is -1.64. The second-order valence-electron chi connectivity index (χ2n) is 5.79. The van der Waals surface area contributed by atoms with Gasteiger partial charge in [-0.15, -0.1) is 0 Å². The molecular weight excluding hydrogens is 272 g/mol. The monoisotopic (exact) mass is 298 g/mol. The Morgan fingerprint density at radius 3 is 2.86 bits per heavy atom. The number of unbranched alkanes of at least 4 members (excludes halogenated alkanes) is 6. The lowest BCUT2D eigenvalue weighted by Crippen LogP contribution is -2.24. The van der Waals surface area contributed by atoms with E-state index in [-0.39, 0.29) is 0 Å². The minimum atomic E-state index is -0.422. The van der Waals surface area contributed by atoms with Crippen LogP contribution >= 0.6 is 0 Å². The predicted octanol–water partition coefficient (Wildman–Crippen LogP) is 4.72. The van der Waals surface area contributed by atoms with Gasteiger partial charge in [-0.1, -0.05) is 31.1 Å². The SMILES string of the molecule is CC#CC#CCCCCCCCC=C1C=CC2(CCCO2)O1. The molecule has 2 heteroatoms. The lowest BCUT2D eigenvalue weighted by atomic mass is 10.1. The van der Waals surface area contributed by atoms with Crippen LogP contribution in [0.5, 0.6) is 0 Å². The summed E-state index contributed by atoms with van der Waals surface area (Å²) in [5.74, 6) is 12.0. The van der Waals surface area contributed by atoms with Crippen LogP contribution in [-0.2, 0) is 9.47 Å². The van der Waals surface area contributed by atoms with Crippen LogP contribution in [0, 0.1) is 23.7 Å². The molecule has 0 radical (unpaired) electrons. The van der Waals surface area contributed by atoms with Gasteiger partial charge >= 0.3 is 0 Å². The molecule has 2 aliphatic heterocycles. The van der Waals surface area contributed by atoms with Crippen molar-refractivity contribution < 1.29 is 9.47 Å².